The first kappa shape index (κ1) is 73.5. The number of aliphatic hydroxyl groups excluding tert-OH is 12. The van der Waals surface area contributed by atoms with E-state index in [2.05, 4.69) is 20.8 Å². The molecule has 10 fully saturated rings. The Morgan fingerprint density at radius 2 is 1.14 bits per heavy atom. The first-order valence-electron chi connectivity index (χ1n) is 33.3. The molecule has 94 heavy (non-hydrogen) atoms. The molecule has 5 aliphatic carbocycles. The molecule has 2 bridgehead atoms. The Hall–Kier alpha value is -3.22. The number of ether oxygens (including phenoxy) is 12. The molecule has 10 aliphatic rings. The van der Waals surface area contributed by atoms with E-state index in [1.165, 1.54) is 13.8 Å². The monoisotopic (exact) mass is 1350 g/mol. The van der Waals surface area contributed by atoms with Gasteiger partial charge in [0, 0.05) is 35.7 Å². The van der Waals surface area contributed by atoms with Crippen LogP contribution < -0.4 is 0 Å². The van der Waals surface area contributed by atoms with Gasteiger partial charge in [0.1, 0.15) is 103 Å². The molecule has 5 heterocycles. The second-order valence-corrected chi connectivity index (χ2v) is 30.4. The number of carboxylic acids is 1. The Kier molecular flexibility index (Phi) is 20.9. The van der Waals surface area contributed by atoms with Gasteiger partial charge in [-0.1, -0.05) is 61.5 Å². The fraction of sp³-hybridized carbons (Fsp3) is 0.908. The summed E-state index contributed by atoms with van der Waals surface area (Å²) in [6.45, 7) is 20.5. The van der Waals surface area contributed by atoms with Gasteiger partial charge in [0.25, 0.3) is 0 Å². The van der Waals surface area contributed by atoms with Crippen LogP contribution in [-0.2, 0) is 76.0 Å². The number of carbonyl (C=O) groups excluding carboxylic acids is 3. The van der Waals surface area contributed by atoms with E-state index in [4.69, 9.17) is 56.8 Å². The fourth-order valence-corrected chi connectivity index (χ4v) is 19.6. The number of fused-ring (bicyclic) bond motifs is 4. The number of aliphatic hydroxyl groups is 12. The fourth-order valence-electron chi connectivity index (χ4n) is 19.6. The van der Waals surface area contributed by atoms with Crippen molar-refractivity contribution in [1.29, 1.82) is 0 Å². The normalized spacial score (nSPS) is 51.2. The molecule has 0 aromatic rings. The molecule has 33 atom stereocenters. The Labute approximate surface area is 546 Å². The quantitative estimate of drug-likeness (QED) is 0.0377. The average molecular weight is 1350 g/mol. The minimum Gasteiger partial charge on any atom is -0.479 e. The minimum absolute atomic E-state index is 0.0266. The summed E-state index contributed by atoms with van der Waals surface area (Å²) in [5.74, 6) is -4.47. The van der Waals surface area contributed by atoms with Crippen LogP contribution >= 0.6 is 0 Å². The van der Waals surface area contributed by atoms with E-state index in [9.17, 15) is 85.6 Å². The number of carbonyl (C=O) groups is 4. The highest BCUT2D eigenvalue weighted by atomic mass is 16.8. The van der Waals surface area contributed by atoms with Crippen LogP contribution in [0, 0.1) is 50.2 Å². The number of allylic oxidation sites excluding steroid dienone is 1. The summed E-state index contributed by atoms with van der Waals surface area (Å²) in [7, 11) is 0. The zero-order chi connectivity index (χ0) is 69.2. The summed E-state index contributed by atoms with van der Waals surface area (Å²) in [6.07, 6.45) is -39.0. The van der Waals surface area contributed by atoms with Crippen LogP contribution in [0.25, 0.3) is 0 Å². The summed E-state index contributed by atoms with van der Waals surface area (Å²) in [6, 6.07) is 0. The number of aliphatic carboxylic acids is 1. The summed E-state index contributed by atoms with van der Waals surface area (Å²) in [5, 5.41) is 145. The van der Waals surface area contributed by atoms with Gasteiger partial charge in [0.05, 0.1) is 31.0 Å². The molecule has 0 aromatic heterocycles. The van der Waals surface area contributed by atoms with Crippen LogP contribution in [0.4, 0.5) is 0 Å². The van der Waals surface area contributed by atoms with Gasteiger partial charge in [0.15, 0.2) is 43.7 Å². The molecule has 13 N–H and O–H groups in total. The maximum Gasteiger partial charge on any atom is 0.335 e. The molecule has 0 aromatic carbocycles. The smallest absolute Gasteiger partial charge is 0.335 e. The molecule has 5 saturated heterocycles. The Balaban J connectivity index is 0.992. The van der Waals surface area contributed by atoms with Gasteiger partial charge >= 0.3 is 23.9 Å². The molecule has 0 amide bonds. The molecule has 29 nitrogen and oxygen atoms in total. The summed E-state index contributed by atoms with van der Waals surface area (Å²) >= 11 is 0. The van der Waals surface area contributed by atoms with Crippen LogP contribution in [0.1, 0.15) is 147 Å². The van der Waals surface area contributed by atoms with E-state index in [-0.39, 0.29) is 31.1 Å². The molecule has 0 radical (unpaired) electrons. The van der Waals surface area contributed by atoms with E-state index in [1.54, 1.807) is 19.9 Å². The van der Waals surface area contributed by atoms with Crippen molar-refractivity contribution in [3.63, 3.8) is 0 Å². The lowest BCUT2D eigenvalue weighted by Crippen LogP contribution is -2.77. The molecule has 1 spiro atoms. The van der Waals surface area contributed by atoms with Gasteiger partial charge in [-0.15, -0.1) is 0 Å². The lowest BCUT2D eigenvalue weighted by Gasteiger charge is -2.75. The first-order valence-corrected chi connectivity index (χ1v) is 33.3. The third kappa shape index (κ3) is 11.6. The lowest BCUT2D eigenvalue weighted by atomic mass is 9.30. The van der Waals surface area contributed by atoms with E-state index >= 15 is 0 Å². The summed E-state index contributed by atoms with van der Waals surface area (Å²) < 4.78 is 76.0. The molecule has 33 unspecified atom stereocenters. The highest BCUT2D eigenvalue weighted by molar-refractivity contribution is 5.88. The third-order valence-electron chi connectivity index (χ3n) is 24.7. The number of hydrogen-bond donors (Lipinski definition) is 13. The Morgan fingerprint density at radius 3 is 1.74 bits per heavy atom. The van der Waals surface area contributed by atoms with E-state index in [1.807, 2.05) is 34.6 Å². The lowest BCUT2D eigenvalue weighted by molar-refractivity contribution is -0.406. The summed E-state index contributed by atoms with van der Waals surface area (Å²) in [4.78, 5) is 54.7. The van der Waals surface area contributed by atoms with Gasteiger partial charge in [0.2, 0.25) is 0 Å². The van der Waals surface area contributed by atoms with Crippen molar-refractivity contribution >= 4 is 23.9 Å². The SMILES string of the molecule is CC=C(C)C(=O)OC1C(OC(=O)CCC)C23C(O)OC4(CCC5C6(C)CCC(OC7OC(C(=O)O)C(O)C(OC8OC(CO)C(O)C(O)C8OC8OC(C)C(O)C(O)C8O)C7OC7OC(CO)C(O)C(O)C7O)C(C)(C)C6CCC5(C)C4(C)CC2OC(C)=O)C3CC1(C)C. The molecule has 5 saturated carbocycles. The minimum atomic E-state index is -2.31. The van der Waals surface area contributed by atoms with Crippen molar-refractivity contribution < 1.29 is 142 Å². The predicted molar refractivity (Wildman–Crippen MR) is 317 cm³/mol. The third-order valence-corrected chi connectivity index (χ3v) is 24.7. The van der Waals surface area contributed by atoms with Crippen molar-refractivity contribution in [3.05, 3.63) is 11.6 Å². The topological polar surface area (TPSA) is 442 Å². The van der Waals surface area contributed by atoms with Crippen molar-refractivity contribution in [1.82, 2.24) is 0 Å². The molecular formula is C65H102O29. The van der Waals surface area contributed by atoms with Crippen molar-refractivity contribution in [2.75, 3.05) is 13.2 Å². The number of rotatable bonds is 17. The zero-order valence-corrected chi connectivity index (χ0v) is 55.6. The van der Waals surface area contributed by atoms with Gasteiger partial charge in [-0.3, -0.25) is 9.59 Å². The number of esters is 3. The number of carboxylic acid groups (broad SMARTS) is 1. The standard InChI is InChI=1S/C65H102O29/c1-13-15-36(69)88-51-50(93-53(81)26(3)14-2)59(6,7)22-33-64-21-17-32-61(10)19-18-34(60(8,9)31(61)16-20-62(32,11)63(64,12)23-35(84-28(5)68)65(33,51)58(82)94-64)87-57-49(92-55-44(77)41(74)38(71)29(24-66)85-55)46(45(78)47(90-57)52(79)80)89-56-48(42(75)39(72)30(25-67)86-56)91-54-43(76)40(73)37(70)27(4)83-54/h14,27,29-35,37-51,54-58,66-67,70-78,82H,13,15-25H2,1-12H3,(H,79,80). The van der Waals surface area contributed by atoms with E-state index < -0.39 is 235 Å². The largest absolute Gasteiger partial charge is 0.479 e. The highest BCUT2D eigenvalue weighted by Gasteiger charge is 2.86. The van der Waals surface area contributed by atoms with Gasteiger partial charge in [-0.2, -0.15) is 0 Å². The molecule has 5 aliphatic heterocycles. The average Bonchev–Trinajstić information content (AvgIpc) is 1.37. The van der Waals surface area contributed by atoms with E-state index in [0.717, 1.165) is 0 Å². The van der Waals surface area contributed by atoms with Crippen LogP contribution in [0.15, 0.2) is 11.6 Å². The van der Waals surface area contributed by atoms with Crippen molar-refractivity contribution in [2.45, 2.75) is 306 Å². The van der Waals surface area contributed by atoms with Gasteiger partial charge in [-0.05, 0) is 107 Å². The Bertz CT molecular complexity index is 2780. The van der Waals surface area contributed by atoms with E-state index in [0.29, 0.717) is 50.5 Å². The maximum absolute atomic E-state index is 13.9. The maximum atomic E-state index is 13.9. The summed E-state index contributed by atoms with van der Waals surface area (Å²) in [5.41, 5.74) is -6.15. The van der Waals surface area contributed by atoms with Crippen LogP contribution in [0.5, 0.6) is 0 Å². The van der Waals surface area contributed by atoms with Gasteiger partial charge in [-0.25, -0.2) is 9.59 Å². The zero-order valence-electron chi connectivity index (χ0n) is 55.6. The van der Waals surface area contributed by atoms with Crippen molar-refractivity contribution in [2.24, 2.45) is 50.2 Å². The highest BCUT2D eigenvalue weighted by Crippen LogP contribution is 2.82. The molecule has 536 valence electrons. The molecule has 10 rings (SSSR count). The van der Waals surface area contributed by atoms with Crippen molar-refractivity contribution in [3.8, 4) is 0 Å². The molecule has 29 heteroatoms. The number of hydrogen-bond acceptors (Lipinski definition) is 28. The first-order chi connectivity index (χ1) is 43.9. The Morgan fingerprint density at radius 1 is 0.564 bits per heavy atom. The predicted octanol–water partition coefficient (Wildman–Crippen LogP) is -0.532. The second kappa shape index (κ2) is 26.7. The van der Waals surface area contributed by atoms with Crippen LogP contribution in [0.2, 0.25) is 0 Å². The second-order valence-electron chi connectivity index (χ2n) is 30.4. The van der Waals surface area contributed by atoms with Crippen LogP contribution in [-0.4, -0.2) is 263 Å². The van der Waals surface area contributed by atoms with Gasteiger partial charge < -0.3 is 123 Å². The molecular weight excluding hydrogens is 1240 g/mol. The van der Waals surface area contributed by atoms with Crippen LogP contribution in [0.3, 0.4) is 0 Å².